The molecule has 4 nitrogen and oxygen atoms in total. The summed E-state index contributed by atoms with van der Waals surface area (Å²) in [6, 6.07) is 5.45. The van der Waals surface area contributed by atoms with Crippen LogP contribution < -0.4 is 10.6 Å². The fourth-order valence-electron chi connectivity index (χ4n) is 1.68. The Morgan fingerprint density at radius 3 is 2.71 bits per heavy atom. The molecule has 118 valence electrons. The number of halogens is 2. The number of benzene rings is 1. The zero-order valence-corrected chi connectivity index (χ0v) is 14.1. The van der Waals surface area contributed by atoms with Crippen molar-refractivity contribution in [2.45, 2.75) is 26.8 Å². The third-order valence-corrected chi connectivity index (χ3v) is 3.32. The summed E-state index contributed by atoms with van der Waals surface area (Å²) in [6.45, 7) is 7.68. The van der Waals surface area contributed by atoms with Gasteiger partial charge in [-0.25, -0.2) is 4.99 Å². The normalized spacial score (nSPS) is 11.5. The fourth-order valence-corrected chi connectivity index (χ4v) is 2.15. The van der Waals surface area contributed by atoms with Gasteiger partial charge in [-0.15, -0.1) is 0 Å². The Morgan fingerprint density at radius 1 is 1.24 bits per heavy atom. The molecule has 0 aromatic heterocycles. The molecule has 0 bridgehead atoms. The summed E-state index contributed by atoms with van der Waals surface area (Å²) in [5, 5.41) is 7.74. The van der Waals surface area contributed by atoms with Gasteiger partial charge in [0.05, 0.1) is 6.54 Å². The number of hydrogen-bond acceptors (Lipinski definition) is 2. The van der Waals surface area contributed by atoms with Crippen molar-refractivity contribution in [1.29, 1.82) is 0 Å². The monoisotopic (exact) mass is 331 g/mol. The van der Waals surface area contributed by atoms with Gasteiger partial charge in [0.2, 0.25) is 0 Å². The van der Waals surface area contributed by atoms with Gasteiger partial charge in [-0.1, -0.05) is 29.3 Å². The maximum atomic E-state index is 6.14. The topological polar surface area (TPSA) is 45.7 Å². The van der Waals surface area contributed by atoms with Crippen molar-refractivity contribution >= 4 is 29.2 Å². The first kappa shape index (κ1) is 18.1. The second kappa shape index (κ2) is 10.7. The van der Waals surface area contributed by atoms with Crippen LogP contribution in [0.5, 0.6) is 0 Å². The molecular weight excluding hydrogens is 309 g/mol. The van der Waals surface area contributed by atoms with Gasteiger partial charge in [0.1, 0.15) is 0 Å². The molecule has 1 aromatic carbocycles. The van der Waals surface area contributed by atoms with Crippen molar-refractivity contribution < 1.29 is 4.74 Å². The van der Waals surface area contributed by atoms with Crippen LogP contribution in [-0.4, -0.2) is 32.3 Å². The molecule has 6 heteroatoms. The minimum Gasteiger partial charge on any atom is -0.382 e. The molecule has 21 heavy (non-hydrogen) atoms. The van der Waals surface area contributed by atoms with E-state index in [9.17, 15) is 0 Å². The lowest BCUT2D eigenvalue weighted by molar-refractivity contribution is 0.145. The molecule has 1 aromatic rings. The van der Waals surface area contributed by atoms with Gasteiger partial charge in [-0.05, 0) is 38.0 Å². The first-order chi connectivity index (χ1) is 10.2. The van der Waals surface area contributed by atoms with Crippen molar-refractivity contribution in [2.24, 2.45) is 4.99 Å². The van der Waals surface area contributed by atoms with E-state index in [4.69, 9.17) is 27.9 Å². The van der Waals surface area contributed by atoms with E-state index in [2.05, 4.69) is 15.6 Å². The van der Waals surface area contributed by atoms with Gasteiger partial charge in [0.15, 0.2) is 5.96 Å². The van der Waals surface area contributed by atoms with Crippen LogP contribution >= 0.6 is 23.2 Å². The molecule has 0 spiro atoms. The lowest BCUT2D eigenvalue weighted by atomic mass is 10.2. The molecule has 0 unspecified atom stereocenters. The minimum absolute atomic E-state index is 0.511. The number of guanidine groups is 1. The zero-order valence-electron chi connectivity index (χ0n) is 12.6. The Kier molecular flexibility index (Phi) is 9.22. The summed E-state index contributed by atoms with van der Waals surface area (Å²) in [6.07, 6.45) is 0.944. The second-order valence-corrected chi connectivity index (χ2v) is 5.25. The summed E-state index contributed by atoms with van der Waals surface area (Å²) in [5.74, 6) is 0.778. The number of aliphatic imine (C=N–C) groups is 1. The van der Waals surface area contributed by atoms with Gasteiger partial charge in [0.25, 0.3) is 0 Å². The lowest BCUT2D eigenvalue weighted by Gasteiger charge is -2.11. The van der Waals surface area contributed by atoms with Crippen molar-refractivity contribution in [1.82, 2.24) is 10.6 Å². The Morgan fingerprint density at radius 2 is 2.05 bits per heavy atom. The van der Waals surface area contributed by atoms with Crippen LogP contribution in [0.4, 0.5) is 0 Å². The SMILES string of the molecule is CCNC(=NCc1ccc(Cl)cc1Cl)NCCCOCC. The summed E-state index contributed by atoms with van der Waals surface area (Å²) in [4.78, 5) is 4.52. The zero-order chi connectivity index (χ0) is 15.5. The molecule has 0 aliphatic rings. The molecule has 0 aliphatic carbocycles. The first-order valence-electron chi connectivity index (χ1n) is 7.21. The number of rotatable bonds is 8. The third kappa shape index (κ3) is 7.55. The first-order valence-corrected chi connectivity index (χ1v) is 7.96. The van der Waals surface area contributed by atoms with E-state index < -0.39 is 0 Å². The number of nitrogens with one attached hydrogen (secondary N) is 2. The van der Waals surface area contributed by atoms with Crippen molar-refractivity contribution in [3.8, 4) is 0 Å². The van der Waals surface area contributed by atoms with Crippen LogP contribution in [0.15, 0.2) is 23.2 Å². The molecule has 0 saturated carbocycles. The molecular formula is C15H23Cl2N3O. The smallest absolute Gasteiger partial charge is 0.191 e. The van der Waals surface area contributed by atoms with E-state index in [1.165, 1.54) is 0 Å². The van der Waals surface area contributed by atoms with Gasteiger partial charge in [-0.3, -0.25) is 0 Å². The molecule has 0 radical (unpaired) electrons. The number of nitrogens with zero attached hydrogens (tertiary/aromatic N) is 1. The van der Waals surface area contributed by atoms with Gasteiger partial charge < -0.3 is 15.4 Å². The van der Waals surface area contributed by atoms with Crippen LogP contribution in [0.3, 0.4) is 0 Å². The van der Waals surface area contributed by atoms with Crippen LogP contribution in [0.25, 0.3) is 0 Å². The van der Waals surface area contributed by atoms with Crippen molar-refractivity contribution in [3.05, 3.63) is 33.8 Å². The average Bonchev–Trinajstić information content (AvgIpc) is 2.46. The molecule has 0 amide bonds. The van der Waals surface area contributed by atoms with E-state index in [1.54, 1.807) is 6.07 Å². The molecule has 2 N–H and O–H groups in total. The number of hydrogen-bond donors (Lipinski definition) is 2. The fraction of sp³-hybridized carbons (Fsp3) is 0.533. The Bertz CT molecular complexity index is 453. The molecule has 0 saturated heterocycles. The largest absolute Gasteiger partial charge is 0.382 e. The summed E-state index contributed by atoms with van der Waals surface area (Å²) in [7, 11) is 0. The maximum Gasteiger partial charge on any atom is 0.191 e. The summed E-state index contributed by atoms with van der Waals surface area (Å²) < 4.78 is 5.30. The highest BCUT2D eigenvalue weighted by Crippen LogP contribution is 2.21. The standard InChI is InChI=1S/C15H23Cl2N3O/c1-3-18-15(19-8-5-9-21-4-2)20-11-12-6-7-13(16)10-14(12)17/h6-7,10H,3-5,8-9,11H2,1-2H3,(H2,18,19,20). The second-order valence-electron chi connectivity index (χ2n) is 4.41. The maximum absolute atomic E-state index is 6.14. The van der Waals surface area contributed by atoms with Gasteiger partial charge >= 0.3 is 0 Å². The van der Waals surface area contributed by atoms with Crippen molar-refractivity contribution in [2.75, 3.05) is 26.3 Å². The van der Waals surface area contributed by atoms with E-state index in [0.717, 1.165) is 44.2 Å². The Balaban J connectivity index is 2.50. The quantitative estimate of drug-likeness (QED) is 0.435. The predicted molar refractivity (Wildman–Crippen MR) is 90.4 cm³/mol. The molecule has 1 rings (SSSR count). The predicted octanol–water partition coefficient (Wildman–Crippen LogP) is 3.48. The van der Waals surface area contributed by atoms with Crippen LogP contribution in [0.1, 0.15) is 25.8 Å². The van der Waals surface area contributed by atoms with Crippen LogP contribution in [0.2, 0.25) is 10.0 Å². The minimum atomic E-state index is 0.511. The number of ether oxygens (including phenoxy) is 1. The average molecular weight is 332 g/mol. The van der Waals surface area contributed by atoms with E-state index in [-0.39, 0.29) is 0 Å². The summed E-state index contributed by atoms with van der Waals surface area (Å²) in [5.41, 5.74) is 0.951. The van der Waals surface area contributed by atoms with E-state index >= 15 is 0 Å². The highest BCUT2D eigenvalue weighted by atomic mass is 35.5. The van der Waals surface area contributed by atoms with Crippen LogP contribution in [0, 0.1) is 0 Å². The summed E-state index contributed by atoms with van der Waals surface area (Å²) >= 11 is 12.0. The van der Waals surface area contributed by atoms with E-state index in [0.29, 0.717) is 16.6 Å². The third-order valence-electron chi connectivity index (χ3n) is 2.73. The molecule has 0 fully saturated rings. The lowest BCUT2D eigenvalue weighted by Crippen LogP contribution is -2.38. The van der Waals surface area contributed by atoms with Gasteiger partial charge in [-0.2, -0.15) is 0 Å². The van der Waals surface area contributed by atoms with E-state index in [1.807, 2.05) is 26.0 Å². The van der Waals surface area contributed by atoms with Crippen LogP contribution in [-0.2, 0) is 11.3 Å². The van der Waals surface area contributed by atoms with Crippen molar-refractivity contribution in [3.63, 3.8) is 0 Å². The molecule has 0 heterocycles. The molecule has 0 aliphatic heterocycles. The molecule has 0 atom stereocenters. The Labute approximate surface area is 136 Å². The highest BCUT2D eigenvalue weighted by molar-refractivity contribution is 6.35. The highest BCUT2D eigenvalue weighted by Gasteiger charge is 2.02. The van der Waals surface area contributed by atoms with Gasteiger partial charge in [0, 0.05) is 36.3 Å². The Hall–Kier alpha value is -0.970.